The average molecular weight is 747 g/mol. The van der Waals surface area contributed by atoms with Crippen LogP contribution in [0.2, 0.25) is 0 Å². The molecular formula is C43H51FN8O3. The first-order valence-corrected chi connectivity index (χ1v) is 19.4. The number of rotatable bonds is 13. The molecule has 2 saturated heterocycles. The fourth-order valence-electron chi connectivity index (χ4n) is 7.79. The highest BCUT2D eigenvalue weighted by molar-refractivity contribution is 5.98. The van der Waals surface area contributed by atoms with E-state index < -0.39 is 5.91 Å². The lowest BCUT2D eigenvalue weighted by atomic mass is 9.99. The summed E-state index contributed by atoms with van der Waals surface area (Å²) >= 11 is 0. The van der Waals surface area contributed by atoms with Gasteiger partial charge < -0.3 is 26.0 Å². The molecule has 12 heteroatoms. The molecule has 3 aromatic carbocycles. The van der Waals surface area contributed by atoms with Gasteiger partial charge in [-0.1, -0.05) is 31.2 Å². The Bertz CT molecular complexity index is 2150. The van der Waals surface area contributed by atoms with Crippen molar-refractivity contribution in [1.82, 2.24) is 29.9 Å². The second kappa shape index (κ2) is 17.1. The topological polar surface area (TPSA) is 131 Å². The first kappa shape index (κ1) is 38.1. The van der Waals surface area contributed by atoms with Gasteiger partial charge in [-0.2, -0.15) is 5.10 Å². The number of primary amides is 1. The Morgan fingerprint density at radius 1 is 1.02 bits per heavy atom. The Kier molecular flexibility index (Phi) is 11.8. The minimum Gasteiger partial charge on any atom is -0.381 e. The number of ether oxygens (including phenoxy) is 1. The molecular weight excluding hydrogens is 696 g/mol. The van der Waals surface area contributed by atoms with Crippen molar-refractivity contribution in [1.29, 1.82) is 0 Å². The van der Waals surface area contributed by atoms with Gasteiger partial charge in [-0.3, -0.25) is 14.5 Å². The number of anilines is 1. The number of halogens is 1. The summed E-state index contributed by atoms with van der Waals surface area (Å²) in [7, 11) is 0. The van der Waals surface area contributed by atoms with Crippen molar-refractivity contribution in [2.75, 3.05) is 38.2 Å². The van der Waals surface area contributed by atoms with Crippen LogP contribution in [0.3, 0.4) is 0 Å². The molecule has 0 aliphatic carbocycles. The molecule has 0 unspecified atom stereocenters. The lowest BCUT2D eigenvalue weighted by molar-refractivity contribution is 0.0729. The molecule has 2 aliphatic heterocycles. The van der Waals surface area contributed by atoms with Crippen molar-refractivity contribution < 1.29 is 18.7 Å². The molecule has 7 rings (SSSR count). The number of amides is 2. The number of carbonyl (C=O) groups is 2. The summed E-state index contributed by atoms with van der Waals surface area (Å²) in [5, 5.41) is 12.9. The summed E-state index contributed by atoms with van der Waals surface area (Å²) in [5.74, 6) is -1.13. The fraction of sp³-hybridized carbons (Fsp3) is 0.395. The highest BCUT2D eigenvalue weighted by Gasteiger charge is 2.26. The number of carbonyl (C=O) groups excluding carboxylic acids is 2. The number of aromatic nitrogens is 3. The summed E-state index contributed by atoms with van der Waals surface area (Å²) in [4.78, 5) is 35.8. The number of hydrogen-bond donors (Lipinski definition) is 3. The second-order valence-electron chi connectivity index (χ2n) is 14.7. The van der Waals surface area contributed by atoms with Gasteiger partial charge in [-0.15, -0.1) is 0 Å². The first-order chi connectivity index (χ1) is 26.7. The minimum atomic E-state index is -0.565. The third kappa shape index (κ3) is 8.72. The summed E-state index contributed by atoms with van der Waals surface area (Å²) in [6.45, 7) is 12.4. The molecule has 5 aromatic rings. The van der Waals surface area contributed by atoms with E-state index in [0.29, 0.717) is 48.9 Å². The van der Waals surface area contributed by atoms with Crippen molar-refractivity contribution in [2.45, 2.75) is 78.3 Å². The quantitative estimate of drug-likeness (QED) is 0.131. The Labute approximate surface area is 322 Å². The maximum absolute atomic E-state index is 15.7. The Morgan fingerprint density at radius 3 is 2.53 bits per heavy atom. The van der Waals surface area contributed by atoms with Gasteiger partial charge >= 0.3 is 0 Å². The average Bonchev–Trinajstić information content (AvgIpc) is 3.62. The third-order valence-electron chi connectivity index (χ3n) is 10.7. The number of nitrogens with one attached hydrogen (secondary N) is 2. The van der Waals surface area contributed by atoms with Gasteiger partial charge in [0, 0.05) is 92.5 Å². The Morgan fingerprint density at radius 2 is 1.80 bits per heavy atom. The van der Waals surface area contributed by atoms with Crippen molar-refractivity contribution >= 4 is 28.5 Å². The van der Waals surface area contributed by atoms with Crippen LogP contribution in [0, 0.1) is 5.82 Å². The highest BCUT2D eigenvalue weighted by Crippen LogP contribution is 2.34. The van der Waals surface area contributed by atoms with Gasteiger partial charge in [0.25, 0.3) is 5.91 Å². The maximum atomic E-state index is 15.7. The van der Waals surface area contributed by atoms with E-state index in [2.05, 4.69) is 46.6 Å². The zero-order chi connectivity index (χ0) is 38.5. The van der Waals surface area contributed by atoms with Gasteiger partial charge in [-0.25, -0.2) is 14.1 Å². The monoisotopic (exact) mass is 746 g/mol. The van der Waals surface area contributed by atoms with E-state index >= 15 is 4.39 Å². The number of pyridine rings is 1. The smallest absolute Gasteiger partial charge is 0.254 e. The number of fused-ring (bicyclic) bond motifs is 1. The SMILES string of the molecule is CCc1nc2c(cnn2CC)c(NC2CCOCC2)c1CN(Cc1ccc(F)c(-c2cccc(CN3CCN[C@@H](C)C3)c2)c1)C(=O)c1ccc(C(N)=O)cc1. The van der Waals surface area contributed by atoms with Crippen LogP contribution < -0.4 is 16.4 Å². The summed E-state index contributed by atoms with van der Waals surface area (Å²) < 4.78 is 23.3. The van der Waals surface area contributed by atoms with E-state index in [0.717, 1.165) is 83.7 Å². The summed E-state index contributed by atoms with van der Waals surface area (Å²) in [5.41, 5.74) is 12.9. The third-order valence-corrected chi connectivity index (χ3v) is 10.7. The van der Waals surface area contributed by atoms with Gasteiger partial charge in [0.1, 0.15) is 5.82 Å². The van der Waals surface area contributed by atoms with Crippen molar-refractivity contribution in [3.63, 3.8) is 0 Å². The van der Waals surface area contributed by atoms with E-state index in [4.69, 9.17) is 15.5 Å². The molecule has 4 heterocycles. The molecule has 2 aromatic heterocycles. The molecule has 288 valence electrons. The van der Waals surface area contributed by atoms with Crippen LogP contribution in [-0.2, 0) is 37.3 Å². The lowest BCUT2D eigenvalue weighted by Crippen LogP contribution is -2.48. The first-order valence-electron chi connectivity index (χ1n) is 19.4. The second-order valence-corrected chi connectivity index (χ2v) is 14.7. The van der Waals surface area contributed by atoms with Crippen LogP contribution in [0.4, 0.5) is 10.1 Å². The zero-order valence-electron chi connectivity index (χ0n) is 32.0. The van der Waals surface area contributed by atoms with E-state index in [1.807, 2.05) is 36.0 Å². The number of piperazine rings is 1. The Balaban J connectivity index is 1.26. The fourth-order valence-corrected chi connectivity index (χ4v) is 7.79. The molecule has 55 heavy (non-hydrogen) atoms. The van der Waals surface area contributed by atoms with Gasteiger partial charge in [-0.05, 0) is 92.3 Å². The van der Waals surface area contributed by atoms with Crippen LogP contribution in [0.15, 0.2) is 72.9 Å². The van der Waals surface area contributed by atoms with E-state index in [-0.39, 0.29) is 30.9 Å². The summed E-state index contributed by atoms with van der Waals surface area (Å²) in [6, 6.07) is 20.2. The lowest BCUT2D eigenvalue weighted by Gasteiger charge is -2.31. The van der Waals surface area contributed by atoms with Gasteiger partial charge in [0.2, 0.25) is 5.91 Å². The van der Waals surface area contributed by atoms with Crippen molar-refractivity contribution in [2.24, 2.45) is 5.73 Å². The van der Waals surface area contributed by atoms with Crippen LogP contribution in [0.1, 0.15) is 76.7 Å². The number of nitrogens with two attached hydrogens (primary N) is 1. The number of nitrogens with zero attached hydrogens (tertiary/aromatic N) is 5. The Hall–Kier alpha value is -5.17. The minimum absolute atomic E-state index is 0.184. The number of benzene rings is 3. The highest BCUT2D eigenvalue weighted by atomic mass is 19.1. The number of hydrogen-bond acceptors (Lipinski definition) is 8. The van der Waals surface area contributed by atoms with E-state index in [1.54, 1.807) is 35.2 Å². The largest absolute Gasteiger partial charge is 0.381 e. The van der Waals surface area contributed by atoms with E-state index in [1.165, 1.54) is 6.07 Å². The molecule has 0 spiro atoms. The van der Waals surface area contributed by atoms with Crippen molar-refractivity contribution in [3.8, 4) is 11.1 Å². The molecule has 0 bridgehead atoms. The predicted octanol–water partition coefficient (Wildman–Crippen LogP) is 6.15. The van der Waals surface area contributed by atoms with Gasteiger partial charge in [0.15, 0.2) is 5.65 Å². The normalized spacial score (nSPS) is 16.7. The van der Waals surface area contributed by atoms with Crippen LogP contribution >= 0.6 is 0 Å². The van der Waals surface area contributed by atoms with Crippen LogP contribution in [0.25, 0.3) is 22.2 Å². The van der Waals surface area contributed by atoms with Crippen LogP contribution in [0.5, 0.6) is 0 Å². The van der Waals surface area contributed by atoms with Crippen molar-refractivity contribution in [3.05, 3.63) is 112 Å². The summed E-state index contributed by atoms with van der Waals surface area (Å²) in [6.07, 6.45) is 4.21. The molecule has 2 amide bonds. The molecule has 2 aliphatic rings. The molecule has 0 saturated carbocycles. The van der Waals surface area contributed by atoms with E-state index in [9.17, 15) is 9.59 Å². The predicted molar refractivity (Wildman–Crippen MR) is 213 cm³/mol. The standard InChI is InChI=1S/C43H51FN8O3/c1-4-39-37(40(48-34-15-19-55-20-16-34)36-23-47-52(5-2)42(36)49-39)27-51(43(54)32-12-10-31(11-13-32)41(45)53)26-30-9-14-38(44)35(22-30)33-8-6-7-29(21-33)25-50-18-17-46-28(3)24-50/h6-14,21-23,28,34,46H,4-5,15-20,24-27H2,1-3H3,(H2,45,53)(H,48,49)/t28-/m0/s1. The molecule has 4 N–H and O–H groups in total. The maximum Gasteiger partial charge on any atom is 0.254 e. The molecule has 11 nitrogen and oxygen atoms in total. The van der Waals surface area contributed by atoms with Crippen LogP contribution in [-0.4, -0.2) is 81.3 Å². The molecule has 2 fully saturated rings. The number of aryl methyl sites for hydroxylation is 2. The molecule has 0 radical (unpaired) electrons. The zero-order valence-corrected chi connectivity index (χ0v) is 32.0. The van der Waals surface area contributed by atoms with Gasteiger partial charge in [0.05, 0.1) is 23.8 Å². The molecule has 1 atom stereocenters.